The molecule has 1 aliphatic heterocycles. The summed E-state index contributed by atoms with van der Waals surface area (Å²) in [5.74, 6) is 0.974. The molecule has 0 N–H and O–H groups in total. The van der Waals surface area contributed by atoms with E-state index in [0.717, 1.165) is 10.9 Å². The van der Waals surface area contributed by atoms with E-state index >= 15 is 0 Å². The van der Waals surface area contributed by atoms with Crippen LogP contribution >= 0.6 is 11.6 Å². The molecule has 1 aliphatic rings. The Morgan fingerprint density at radius 2 is 1.91 bits per heavy atom. The van der Waals surface area contributed by atoms with Crippen LogP contribution in [0.25, 0.3) is 10.9 Å². The van der Waals surface area contributed by atoms with E-state index in [4.69, 9.17) is 21.1 Å². The average molecular weight is 470 g/mol. The molecule has 2 heterocycles. The number of aromatic nitrogens is 2. The number of hydrogen-bond acceptors (Lipinski definition) is 5. The van der Waals surface area contributed by atoms with Gasteiger partial charge in [0.25, 0.3) is 5.91 Å². The molecule has 1 fully saturated rings. The van der Waals surface area contributed by atoms with E-state index in [9.17, 15) is 9.59 Å². The highest BCUT2D eigenvalue weighted by molar-refractivity contribution is 6.30. The van der Waals surface area contributed by atoms with E-state index in [1.165, 1.54) is 0 Å². The molecule has 0 atom stereocenters. The van der Waals surface area contributed by atoms with Crippen molar-refractivity contribution < 1.29 is 19.1 Å². The van der Waals surface area contributed by atoms with Crippen molar-refractivity contribution in [2.24, 2.45) is 5.92 Å². The quantitative estimate of drug-likeness (QED) is 0.323. The predicted octanol–water partition coefficient (Wildman–Crippen LogP) is 4.47. The summed E-state index contributed by atoms with van der Waals surface area (Å²) in [5, 5.41) is 6.13. The standard InChI is InChI=1S/C25H28ClN3O4/c1-3-33-24-20(23(30)5-4-12-32-2)10-11-22-21(24)16-29(27-22)15-17-13-28(14-17)25(31)18-6-8-19(26)9-7-18/h6-11,16-17H,3-5,12-15H2,1-2H3. The van der Waals surface area contributed by atoms with Gasteiger partial charge in [-0.05, 0) is 49.7 Å². The summed E-state index contributed by atoms with van der Waals surface area (Å²) in [6.45, 7) is 4.98. The minimum absolute atomic E-state index is 0.0174. The highest BCUT2D eigenvalue weighted by atomic mass is 35.5. The zero-order valence-electron chi connectivity index (χ0n) is 18.9. The molecule has 4 rings (SSSR count). The molecule has 33 heavy (non-hydrogen) atoms. The van der Waals surface area contributed by atoms with Gasteiger partial charge in [0, 0.05) is 62.5 Å². The van der Waals surface area contributed by atoms with Crippen LogP contribution in [0.1, 0.15) is 40.5 Å². The van der Waals surface area contributed by atoms with E-state index in [1.54, 1.807) is 37.4 Å². The molecule has 0 spiro atoms. The van der Waals surface area contributed by atoms with E-state index in [-0.39, 0.29) is 11.7 Å². The molecule has 2 aromatic carbocycles. The molecule has 0 unspecified atom stereocenters. The summed E-state index contributed by atoms with van der Waals surface area (Å²) in [4.78, 5) is 27.2. The second-order valence-electron chi connectivity index (χ2n) is 8.26. The van der Waals surface area contributed by atoms with E-state index in [2.05, 4.69) is 5.10 Å². The van der Waals surface area contributed by atoms with Crippen LogP contribution in [0.15, 0.2) is 42.6 Å². The van der Waals surface area contributed by atoms with Gasteiger partial charge >= 0.3 is 0 Å². The van der Waals surface area contributed by atoms with Gasteiger partial charge in [-0.15, -0.1) is 0 Å². The Bertz CT molecular complexity index is 1140. The smallest absolute Gasteiger partial charge is 0.253 e. The third-order valence-corrected chi connectivity index (χ3v) is 6.06. The summed E-state index contributed by atoms with van der Waals surface area (Å²) in [5.41, 5.74) is 2.02. The number of likely N-dealkylation sites (tertiary alicyclic amines) is 1. The zero-order valence-corrected chi connectivity index (χ0v) is 19.7. The van der Waals surface area contributed by atoms with Crippen LogP contribution in [0.3, 0.4) is 0 Å². The van der Waals surface area contributed by atoms with Crippen molar-refractivity contribution in [3.63, 3.8) is 0 Å². The molecule has 7 nitrogen and oxygen atoms in total. The number of methoxy groups -OCH3 is 1. The molecule has 1 aromatic heterocycles. The van der Waals surface area contributed by atoms with Gasteiger partial charge in [-0.25, -0.2) is 0 Å². The minimum Gasteiger partial charge on any atom is -0.492 e. The first-order chi connectivity index (χ1) is 16.0. The van der Waals surface area contributed by atoms with Gasteiger partial charge in [0.15, 0.2) is 5.78 Å². The van der Waals surface area contributed by atoms with E-state index in [1.807, 2.05) is 28.8 Å². The van der Waals surface area contributed by atoms with Gasteiger partial charge in [0.1, 0.15) is 5.75 Å². The first kappa shape index (κ1) is 23.3. The first-order valence-corrected chi connectivity index (χ1v) is 11.6. The Morgan fingerprint density at radius 3 is 2.61 bits per heavy atom. The fourth-order valence-corrected chi connectivity index (χ4v) is 4.26. The number of ether oxygens (including phenoxy) is 2. The first-order valence-electron chi connectivity index (χ1n) is 11.2. The van der Waals surface area contributed by atoms with Crippen LogP contribution in [0.4, 0.5) is 0 Å². The number of benzene rings is 2. The molecule has 3 aromatic rings. The van der Waals surface area contributed by atoms with Crippen LogP contribution < -0.4 is 4.74 Å². The maximum atomic E-state index is 12.7. The fourth-order valence-electron chi connectivity index (χ4n) is 4.13. The highest BCUT2D eigenvalue weighted by Crippen LogP contribution is 2.31. The summed E-state index contributed by atoms with van der Waals surface area (Å²) in [6, 6.07) is 10.6. The largest absolute Gasteiger partial charge is 0.492 e. The lowest BCUT2D eigenvalue weighted by Crippen LogP contribution is -2.51. The number of halogens is 1. The van der Waals surface area contributed by atoms with Crippen LogP contribution in [0.2, 0.25) is 5.02 Å². The number of carbonyl (C=O) groups excluding carboxylic acids is 2. The Kier molecular flexibility index (Phi) is 7.30. The van der Waals surface area contributed by atoms with Gasteiger partial charge in [-0.2, -0.15) is 5.10 Å². The lowest BCUT2D eigenvalue weighted by molar-refractivity contribution is 0.0462. The number of hydrogen-bond donors (Lipinski definition) is 0. The summed E-state index contributed by atoms with van der Waals surface area (Å²) >= 11 is 5.91. The molecule has 0 bridgehead atoms. The number of amides is 1. The lowest BCUT2D eigenvalue weighted by Gasteiger charge is -2.39. The monoisotopic (exact) mass is 469 g/mol. The van der Waals surface area contributed by atoms with Gasteiger partial charge in [-0.3, -0.25) is 14.3 Å². The zero-order chi connectivity index (χ0) is 23.4. The summed E-state index contributed by atoms with van der Waals surface area (Å²) < 4.78 is 12.8. The molecule has 0 saturated carbocycles. The van der Waals surface area contributed by atoms with Crippen LogP contribution in [-0.4, -0.2) is 59.8 Å². The molecule has 174 valence electrons. The fraction of sp³-hybridized carbons (Fsp3) is 0.400. The van der Waals surface area contributed by atoms with Crippen molar-refractivity contribution in [1.82, 2.24) is 14.7 Å². The van der Waals surface area contributed by atoms with E-state index < -0.39 is 0 Å². The average Bonchev–Trinajstić information content (AvgIpc) is 3.20. The minimum atomic E-state index is 0.0174. The molecule has 0 radical (unpaired) electrons. The van der Waals surface area contributed by atoms with Gasteiger partial charge in [0.2, 0.25) is 0 Å². The van der Waals surface area contributed by atoms with Crippen molar-refractivity contribution in [2.45, 2.75) is 26.3 Å². The Morgan fingerprint density at radius 1 is 1.15 bits per heavy atom. The van der Waals surface area contributed by atoms with Crippen molar-refractivity contribution in [3.8, 4) is 5.75 Å². The van der Waals surface area contributed by atoms with Gasteiger partial charge in [-0.1, -0.05) is 11.6 Å². The van der Waals surface area contributed by atoms with Crippen LogP contribution in [-0.2, 0) is 11.3 Å². The highest BCUT2D eigenvalue weighted by Gasteiger charge is 2.31. The van der Waals surface area contributed by atoms with E-state index in [0.29, 0.717) is 73.5 Å². The molecule has 8 heteroatoms. The molecule has 0 aliphatic carbocycles. The van der Waals surface area contributed by atoms with Crippen molar-refractivity contribution in [1.29, 1.82) is 0 Å². The summed E-state index contributed by atoms with van der Waals surface area (Å²) in [6.07, 6.45) is 3.02. The normalized spacial score (nSPS) is 13.8. The third kappa shape index (κ3) is 5.20. The Balaban J connectivity index is 1.44. The number of Topliss-reactive ketones (excluding diaryl/α,β-unsaturated/α-hetero) is 1. The number of fused-ring (bicyclic) bond motifs is 1. The van der Waals surface area contributed by atoms with Gasteiger partial charge < -0.3 is 14.4 Å². The number of rotatable bonds is 10. The number of ketones is 1. The van der Waals surface area contributed by atoms with Crippen molar-refractivity contribution in [3.05, 3.63) is 58.7 Å². The predicted molar refractivity (Wildman–Crippen MR) is 127 cm³/mol. The lowest BCUT2D eigenvalue weighted by atomic mass is 9.99. The number of carbonyl (C=O) groups is 2. The number of nitrogens with zero attached hydrogens (tertiary/aromatic N) is 3. The molecular formula is C25H28ClN3O4. The molecule has 1 saturated heterocycles. The Labute approximate surface area is 198 Å². The van der Waals surface area contributed by atoms with Gasteiger partial charge in [0.05, 0.1) is 23.1 Å². The van der Waals surface area contributed by atoms with Crippen LogP contribution in [0, 0.1) is 5.92 Å². The molecular weight excluding hydrogens is 442 g/mol. The second kappa shape index (κ2) is 10.4. The maximum absolute atomic E-state index is 12.7. The maximum Gasteiger partial charge on any atom is 0.253 e. The summed E-state index contributed by atoms with van der Waals surface area (Å²) in [7, 11) is 1.63. The van der Waals surface area contributed by atoms with Crippen molar-refractivity contribution in [2.75, 3.05) is 33.4 Å². The Hall–Kier alpha value is -2.90. The van der Waals surface area contributed by atoms with Crippen molar-refractivity contribution >= 4 is 34.2 Å². The topological polar surface area (TPSA) is 73.7 Å². The second-order valence-corrected chi connectivity index (χ2v) is 8.70. The third-order valence-electron chi connectivity index (χ3n) is 5.81. The van der Waals surface area contributed by atoms with Crippen LogP contribution in [0.5, 0.6) is 5.75 Å². The SMILES string of the molecule is CCOc1c(C(=O)CCCOC)ccc2nn(CC3CN(C(=O)c4ccc(Cl)cc4)C3)cc12. The molecule has 1 amide bonds.